The third-order valence-electron chi connectivity index (χ3n) is 8.65. The van der Waals surface area contributed by atoms with Crippen LogP contribution in [0.2, 0.25) is 0 Å². The van der Waals surface area contributed by atoms with Gasteiger partial charge in [0.1, 0.15) is 12.2 Å². The fraction of sp³-hybridized carbons (Fsp3) is 0.810. The molecule has 0 bridgehead atoms. The molecule has 0 saturated heterocycles. The molecule has 4 aliphatic rings. The standard InChI is InChI=1S/C21H30O5/c1-19-7-5-13(23)9-12(19)3-4-14-15-6-8-21(26,17(25)11-22)20(15,2)10-16(24)18(14)19/h9,14-16,18,22,24,26H,3-8,10-11H2,1-2H3/t14-,15-,16-,18-,19+,20-,21-/m0/s1. The molecule has 0 heterocycles. The van der Waals surface area contributed by atoms with Crippen LogP contribution in [-0.4, -0.2) is 45.2 Å². The zero-order valence-electron chi connectivity index (χ0n) is 15.7. The molecule has 4 aliphatic carbocycles. The molecule has 0 aromatic carbocycles. The number of allylic oxidation sites excluding steroid dienone is 1. The molecule has 0 aromatic rings. The van der Waals surface area contributed by atoms with E-state index in [1.54, 1.807) is 6.08 Å². The number of hydrogen-bond donors (Lipinski definition) is 3. The van der Waals surface area contributed by atoms with Crippen LogP contribution in [0.1, 0.15) is 58.8 Å². The average Bonchev–Trinajstić information content (AvgIpc) is 2.86. The lowest BCUT2D eigenvalue weighted by Gasteiger charge is -2.60. The molecule has 144 valence electrons. The summed E-state index contributed by atoms with van der Waals surface area (Å²) in [6, 6.07) is 0. The van der Waals surface area contributed by atoms with Crippen LogP contribution in [0.5, 0.6) is 0 Å². The van der Waals surface area contributed by atoms with Gasteiger partial charge in [-0.25, -0.2) is 0 Å². The van der Waals surface area contributed by atoms with Gasteiger partial charge < -0.3 is 15.3 Å². The van der Waals surface area contributed by atoms with E-state index in [-0.39, 0.29) is 29.0 Å². The van der Waals surface area contributed by atoms with Gasteiger partial charge in [-0.15, -0.1) is 0 Å². The maximum Gasteiger partial charge on any atom is 0.190 e. The molecule has 7 atom stereocenters. The highest BCUT2D eigenvalue weighted by molar-refractivity contribution is 5.91. The zero-order valence-corrected chi connectivity index (χ0v) is 15.7. The van der Waals surface area contributed by atoms with E-state index in [4.69, 9.17) is 0 Å². The molecule has 26 heavy (non-hydrogen) atoms. The van der Waals surface area contributed by atoms with E-state index in [0.29, 0.717) is 19.3 Å². The Balaban J connectivity index is 1.74. The number of fused-ring (bicyclic) bond motifs is 5. The molecular weight excluding hydrogens is 332 g/mol. The van der Waals surface area contributed by atoms with E-state index in [2.05, 4.69) is 6.92 Å². The number of rotatable bonds is 2. The van der Waals surface area contributed by atoms with Crippen molar-refractivity contribution in [1.29, 1.82) is 0 Å². The molecular formula is C21H30O5. The maximum atomic E-state index is 12.4. The predicted octanol–water partition coefficient (Wildman–Crippen LogP) is 1.78. The minimum absolute atomic E-state index is 0.0697. The molecule has 5 nitrogen and oxygen atoms in total. The number of carbonyl (C=O) groups excluding carboxylic acids is 2. The second-order valence-electron chi connectivity index (χ2n) is 9.56. The van der Waals surface area contributed by atoms with E-state index in [0.717, 1.165) is 25.7 Å². The Labute approximate surface area is 154 Å². The smallest absolute Gasteiger partial charge is 0.190 e. The largest absolute Gasteiger partial charge is 0.393 e. The monoisotopic (exact) mass is 362 g/mol. The van der Waals surface area contributed by atoms with Crippen LogP contribution in [0.25, 0.3) is 0 Å². The molecule has 3 fully saturated rings. The van der Waals surface area contributed by atoms with Crippen molar-refractivity contribution < 1.29 is 24.9 Å². The summed E-state index contributed by atoms with van der Waals surface area (Å²) < 4.78 is 0. The van der Waals surface area contributed by atoms with Crippen molar-refractivity contribution in [3.63, 3.8) is 0 Å². The molecule has 5 heteroatoms. The highest BCUT2D eigenvalue weighted by atomic mass is 16.3. The Morgan fingerprint density at radius 2 is 1.96 bits per heavy atom. The molecule has 4 rings (SSSR count). The van der Waals surface area contributed by atoms with Gasteiger partial charge in [-0.2, -0.15) is 0 Å². The summed E-state index contributed by atoms with van der Waals surface area (Å²) in [5, 5.41) is 31.7. The van der Waals surface area contributed by atoms with Crippen LogP contribution in [0.3, 0.4) is 0 Å². The Morgan fingerprint density at radius 3 is 2.65 bits per heavy atom. The van der Waals surface area contributed by atoms with Crippen LogP contribution >= 0.6 is 0 Å². The maximum absolute atomic E-state index is 12.4. The molecule has 0 unspecified atom stereocenters. The average molecular weight is 362 g/mol. The van der Waals surface area contributed by atoms with Gasteiger partial charge in [0.05, 0.1) is 6.10 Å². The number of aliphatic hydroxyl groups is 3. The first kappa shape index (κ1) is 18.3. The number of ketones is 2. The molecule has 0 aromatic heterocycles. The van der Waals surface area contributed by atoms with Crippen LogP contribution in [0, 0.1) is 28.6 Å². The second kappa shape index (κ2) is 5.73. The van der Waals surface area contributed by atoms with Crippen molar-refractivity contribution in [2.75, 3.05) is 6.61 Å². The Bertz CT molecular complexity index is 684. The van der Waals surface area contributed by atoms with Crippen molar-refractivity contribution in [1.82, 2.24) is 0 Å². The van der Waals surface area contributed by atoms with E-state index in [9.17, 15) is 24.9 Å². The summed E-state index contributed by atoms with van der Waals surface area (Å²) in [6.45, 7) is 3.46. The Morgan fingerprint density at radius 1 is 1.23 bits per heavy atom. The molecule has 3 N–H and O–H groups in total. The highest BCUT2D eigenvalue weighted by Crippen LogP contribution is 2.67. The van der Waals surface area contributed by atoms with Crippen LogP contribution in [0.15, 0.2) is 11.6 Å². The van der Waals surface area contributed by atoms with Gasteiger partial charge in [-0.3, -0.25) is 9.59 Å². The second-order valence-corrected chi connectivity index (χ2v) is 9.56. The van der Waals surface area contributed by atoms with Gasteiger partial charge in [-0.05, 0) is 67.8 Å². The molecule has 0 spiro atoms. The zero-order chi connectivity index (χ0) is 18.9. The highest BCUT2D eigenvalue weighted by Gasteiger charge is 2.68. The van der Waals surface area contributed by atoms with E-state index in [1.807, 2.05) is 6.92 Å². The SMILES string of the molecule is C[C@]12C[C@H](O)[C@@H]3[C@@H](CCC4=CC(=O)CC[C@]43C)[C@@H]1CC[C@]2(O)C(=O)CO. The van der Waals surface area contributed by atoms with Gasteiger partial charge in [0.15, 0.2) is 11.6 Å². The summed E-state index contributed by atoms with van der Waals surface area (Å²) in [5.41, 5.74) is -1.23. The van der Waals surface area contributed by atoms with Crippen molar-refractivity contribution >= 4 is 11.6 Å². The molecule has 0 aliphatic heterocycles. The van der Waals surface area contributed by atoms with E-state index in [1.165, 1.54) is 5.57 Å². The summed E-state index contributed by atoms with van der Waals surface area (Å²) >= 11 is 0. The predicted molar refractivity (Wildman–Crippen MR) is 95.1 cm³/mol. The number of carbonyl (C=O) groups is 2. The van der Waals surface area contributed by atoms with Gasteiger partial charge in [0.2, 0.25) is 0 Å². The van der Waals surface area contributed by atoms with Crippen molar-refractivity contribution in [2.45, 2.75) is 70.5 Å². The van der Waals surface area contributed by atoms with Gasteiger partial charge in [-0.1, -0.05) is 19.4 Å². The van der Waals surface area contributed by atoms with E-state index >= 15 is 0 Å². The third-order valence-corrected chi connectivity index (χ3v) is 8.65. The Kier molecular flexibility index (Phi) is 4.04. The third kappa shape index (κ3) is 2.14. The topological polar surface area (TPSA) is 94.8 Å². The molecule has 0 amide bonds. The van der Waals surface area contributed by atoms with Crippen LogP contribution in [-0.2, 0) is 9.59 Å². The van der Waals surface area contributed by atoms with Crippen molar-refractivity contribution in [2.24, 2.45) is 28.6 Å². The number of Topliss-reactive ketones (excluding diaryl/α,β-unsaturated/α-hetero) is 1. The quantitative estimate of drug-likeness (QED) is 0.696. The van der Waals surface area contributed by atoms with Crippen molar-refractivity contribution in [3.05, 3.63) is 11.6 Å². The first-order valence-corrected chi connectivity index (χ1v) is 9.96. The minimum Gasteiger partial charge on any atom is -0.393 e. The van der Waals surface area contributed by atoms with Crippen LogP contribution in [0.4, 0.5) is 0 Å². The summed E-state index contributed by atoms with van der Waals surface area (Å²) in [5.74, 6) is 0.140. The summed E-state index contributed by atoms with van der Waals surface area (Å²) in [4.78, 5) is 24.3. The summed E-state index contributed by atoms with van der Waals surface area (Å²) in [7, 11) is 0. The first-order valence-electron chi connectivity index (χ1n) is 9.96. The lowest BCUT2D eigenvalue weighted by molar-refractivity contribution is -0.182. The Hall–Kier alpha value is -1.04. The summed E-state index contributed by atoms with van der Waals surface area (Å²) in [6.07, 6.45) is 5.74. The van der Waals surface area contributed by atoms with E-state index < -0.39 is 29.5 Å². The fourth-order valence-electron chi connectivity index (χ4n) is 7.28. The van der Waals surface area contributed by atoms with Gasteiger partial charge >= 0.3 is 0 Å². The van der Waals surface area contributed by atoms with Crippen LogP contribution < -0.4 is 0 Å². The fourth-order valence-corrected chi connectivity index (χ4v) is 7.28. The normalized spacial score (nSPS) is 50.5. The molecule has 3 saturated carbocycles. The van der Waals surface area contributed by atoms with Crippen molar-refractivity contribution in [3.8, 4) is 0 Å². The van der Waals surface area contributed by atoms with Gasteiger partial charge in [0, 0.05) is 11.8 Å². The number of hydrogen-bond acceptors (Lipinski definition) is 5. The minimum atomic E-state index is -1.54. The lowest BCUT2D eigenvalue weighted by atomic mass is 9.45. The lowest BCUT2D eigenvalue weighted by Crippen LogP contribution is -2.62. The molecule has 0 radical (unpaired) electrons. The van der Waals surface area contributed by atoms with Gasteiger partial charge in [0.25, 0.3) is 0 Å². The first-order chi connectivity index (χ1) is 12.2. The number of aliphatic hydroxyl groups excluding tert-OH is 2.